The third kappa shape index (κ3) is 3.58. The summed E-state index contributed by atoms with van der Waals surface area (Å²) in [4.78, 5) is 38.9. The minimum Gasteiger partial charge on any atom is -0.366 e. The fourth-order valence-electron chi connectivity index (χ4n) is 3.14. The van der Waals surface area contributed by atoms with Gasteiger partial charge in [-0.15, -0.1) is 0 Å². The number of anilines is 1. The molecule has 0 bridgehead atoms. The van der Waals surface area contributed by atoms with Crippen molar-refractivity contribution in [1.82, 2.24) is 9.91 Å². The maximum absolute atomic E-state index is 14.3. The molecule has 1 fully saturated rings. The average molecular weight is 360 g/mol. The Morgan fingerprint density at radius 1 is 1.12 bits per heavy atom. The lowest BCUT2D eigenvalue weighted by Crippen LogP contribution is -2.51. The summed E-state index contributed by atoms with van der Waals surface area (Å²) in [5, 5.41) is 5.27. The molecule has 0 radical (unpaired) electrons. The Kier molecular flexibility index (Phi) is 5.01. The quantitative estimate of drug-likeness (QED) is 0.762. The van der Waals surface area contributed by atoms with Gasteiger partial charge in [-0.1, -0.05) is 0 Å². The molecule has 0 N–H and O–H groups in total. The Balaban J connectivity index is 1.64. The molecule has 3 rings (SSSR count). The molecular formula is C18H21FN4O3. The molecule has 2 amide bonds. The van der Waals surface area contributed by atoms with Gasteiger partial charge in [0.1, 0.15) is 11.5 Å². The summed E-state index contributed by atoms with van der Waals surface area (Å²) < 4.78 is 14.3. The van der Waals surface area contributed by atoms with Gasteiger partial charge >= 0.3 is 0 Å². The van der Waals surface area contributed by atoms with E-state index in [1.807, 2.05) is 4.90 Å². The van der Waals surface area contributed by atoms with Crippen molar-refractivity contribution >= 4 is 29.0 Å². The smallest absolute Gasteiger partial charge is 0.270 e. The van der Waals surface area contributed by atoms with Gasteiger partial charge in [-0.2, -0.15) is 5.10 Å². The maximum atomic E-state index is 14.3. The lowest BCUT2D eigenvalue weighted by atomic mass is 10.1. The van der Waals surface area contributed by atoms with Crippen LogP contribution in [-0.4, -0.2) is 66.4 Å². The van der Waals surface area contributed by atoms with Crippen LogP contribution in [0.25, 0.3) is 0 Å². The Bertz CT molecular complexity index is 785. The number of benzene rings is 1. The van der Waals surface area contributed by atoms with Crippen LogP contribution < -0.4 is 4.90 Å². The first-order valence-corrected chi connectivity index (χ1v) is 8.55. The molecule has 2 aliphatic rings. The number of nitrogens with zero attached hydrogens (tertiary/aromatic N) is 4. The topological polar surface area (TPSA) is 73.3 Å². The zero-order chi connectivity index (χ0) is 18.8. The summed E-state index contributed by atoms with van der Waals surface area (Å²) in [7, 11) is 1.54. The highest BCUT2D eigenvalue weighted by atomic mass is 19.1. The Morgan fingerprint density at radius 3 is 2.38 bits per heavy atom. The van der Waals surface area contributed by atoms with Gasteiger partial charge in [0, 0.05) is 51.6 Å². The van der Waals surface area contributed by atoms with E-state index in [4.69, 9.17) is 0 Å². The maximum Gasteiger partial charge on any atom is 0.270 e. The number of piperazine rings is 1. The molecule has 0 aliphatic carbocycles. The molecule has 26 heavy (non-hydrogen) atoms. The van der Waals surface area contributed by atoms with Crippen LogP contribution in [-0.2, 0) is 9.59 Å². The van der Waals surface area contributed by atoms with Crippen LogP contribution in [0.4, 0.5) is 10.1 Å². The predicted octanol–water partition coefficient (Wildman–Crippen LogP) is 1.29. The second-order valence-electron chi connectivity index (χ2n) is 6.47. The largest absolute Gasteiger partial charge is 0.366 e. The van der Waals surface area contributed by atoms with Gasteiger partial charge in [-0.05, 0) is 25.1 Å². The van der Waals surface area contributed by atoms with E-state index >= 15 is 0 Å². The van der Waals surface area contributed by atoms with Crippen LogP contribution in [0, 0.1) is 5.82 Å². The summed E-state index contributed by atoms with van der Waals surface area (Å²) in [6.45, 7) is 3.28. The number of hydrogen-bond donors (Lipinski definition) is 0. The minimum absolute atomic E-state index is 0.101. The number of carbonyl (C=O) groups excluding carboxylic acids is 3. The van der Waals surface area contributed by atoms with Crippen LogP contribution >= 0.6 is 0 Å². The molecule has 0 spiro atoms. The fraction of sp³-hybridized carbons (Fsp3) is 0.444. The van der Waals surface area contributed by atoms with Crippen molar-refractivity contribution in [2.45, 2.75) is 19.8 Å². The summed E-state index contributed by atoms with van der Waals surface area (Å²) in [6, 6.07) is 4.47. The fourth-order valence-corrected chi connectivity index (χ4v) is 3.14. The van der Waals surface area contributed by atoms with Crippen LogP contribution in [0.2, 0.25) is 0 Å². The van der Waals surface area contributed by atoms with E-state index in [0.717, 1.165) is 0 Å². The van der Waals surface area contributed by atoms with Gasteiger partial charge in [0.15, 0.2) is 5.78 Å². The summed E-state index contributed by atoms with van der Waals surface area (Å²) in [5.41, 5.74) is 1.16. The number of amides is 2. The van der Waals surface area contributed by atoms with Crippen LogP contribution in [0.15, 0.2) is 23.3 Å². The standard InChI is InChI=1S/C18H21FN4O3/c1-12(24)13-3-5-16(14(19)11-13)22-7-9-23(10-8-22)18(26)15-4-6-17(25)21(2)20-15/h3,5,11H,4,6-10H2,1-2H3. The van der Waals surface area contributed by atoms with Crippen molar-refractivity contribution in [1.29, 1.82) is 0 Å². The highest BCUT2D eigenvalue weighted by Gasteiger charge is 2.29. The van der Waals surface area contributed by atoms with Crippen molar-refractivity contribution in [2.75, 3.05) is 38.1 Å². The zero-order valence-electron chi connectivity index (χ0n) is 14.9. The molecule has 0 saturated carbocycles. The van der Waals surface area contributed by atoms with Crippen LogP contribution in [0.5, 0.6) is 0 Å². The van der Waals surface area contributed by atoms with E-state index in [9.17, 15) is 18.8 Å². The van der Waals surface area contributed by atoms with E-state index in [2.05, 4.69) is 5.10 Å². The first kappa shape index (κ1) is 18.0. The third-order valence-electron chi connectivity index (χ3n) is 4.72. The average Bonchev–Trinajstić information content (AvgIpc) is 2.63. The van der Waals surface area contributed by atoms with Gasteiger partial charge in [0.25, 0.3) is 5.91 Å². The SMILES string of the molecule is CC(=O)c1ccc(N2CCN(C(=O)C3=NN(C)C(=O)CC3)CC2)c(F)c1. The first-order chi connectivity index (χ1) is 12.4. The van der Waals surface area contributed by atoms with E-state index < -0.39 is 5.82 Å². The molecule has 1 aromatic rings. The number of carbonyl (C=O) groups is 3. The number of halogens is 1. The minimum atomic E-state index is -0.436. The van der Waals surface area contributed by atoms with Gasteiger partial charge in [0.2, 0.25) is 5.91 Å². The molecule has 0 atom stereocenters. The molecule has 1 saturated heterocycles. The van der Waals surface area contributed by atoms with Gasteiger partial charge < -0.3 is 9.80 Å². The number of hydrogen-bond acceptors (Lipinski definition) is 5. The molecule has 138 valence electrons. The molecule has 2 aliphatic heterocycles. The number of hydrazone groups is 1. The Morgan fingerprint density at radius 2 is 1.81 bits per heavy atom. The number of Topliss-reactive ketones (excluding diaryl/α,β-unsaturated/α-hetero) is 1. The summed E-state index contributed by atoms with van der Waals surface area (Å²) in [6.07, 6.45) is 0.637. The van der Waals surface area contributed by atoms with E-state index in [1.54, 1.807) is 24.1 Å². The van der Waals surface area contributed by atoms with E-state index in [0.29, 0.717) is 49.6 Å². The molecule has 1 aromatic carbocycles. The monoisotopic (exact) mass is 360 g/mol. The second kappa shape index (κ2) is 7.23. The molecule has 7 nitrogen and oxygen atoms in total. The summed E-state index contributed by atoms with van der Waals surface area (Å²) in [5.74, 6) is -0.885. The Labute approximate surface area is 151 Å². The number of rotatable bonds is 3. The van der Waals surface area contributed by atoms with Gasteiger partial charge in [-0.3, -0.25) is 14.4 Å². The van der Waals surface area contributed by atoms with Gasteiger partial charge in [0.05, 0.1) is 5.69 Å². The molecule has 0 unspecified atom stereocenters. The molecule has 0 aromatic heterocycles. The zero-order valence-corrected chi connectivity index (χ0v) is 14.9. The predicted molar refractivity (Wildman–Crippen MR) is 94.6 cm³/mol. The van der Waals surface area contributed by atoms with Crippen LogP contribution in [0.3, 0.4) is 0 Å². The van der Waals surface area contributed by atoms with Crippen molar-refractivity contribution in [2.24, 2.45) is 5.10 Å². The summed E-state index contributed by atoms with van der Waals surface area (Å²) >= 11 is 0. The molecular weight excluding hydrogens is 339 g/mol. The van der Waals surface area contributed by atoms with Gasteiger partial charge in [-0.25, -0.2) is 9.40 Å². The van der Waals surface area contributed by atoms with Crippen molar-refractivity contribution in [3.63, 3.8) is 0 Å². The van der Waals surface area contributed by atoms with Crippen molar-refractivity contribution in [3.05, 3.63) is 29.6 Å². The molecule has 2 heterocycles. The Hall–Kier alpha value is -2.77. The highest BCUT2D eigenvalue weighted by Crippen LogP contribution is 2.22. The molecule has 8 heteroatoms. The second-order valence-corrected chi connectivity index (χ2v) is 6.47. The third-order valence-corrected chi connectivity index (χ3v) is 4.72. The highest BCUT2D eigenvalue weighted by molar-refractivity contribution is 6.39. The normalized spacial score (nSPS) is 18.0. The lowest BCUT2D eigenvalue weighted by Gasteiger charge is -2.36. The first-order valence-electron chi connectivity index (χ1n) is 8.55. The van der Waals surface area contributed by atoms with E-state index in [-0.39, 0.29) is 24.0 Å². The number of ketones is 1. The van der Waals surface area contributed by atoms with Crippen molar-refractivity contribution < 1.29 is 18.8 Å². The van der Waals surface area contributed by atoms with Crippen LogP contribution in [0.1, 0.15) is 30.1 Å². The lowest BCUT2D eigenvalue weighted by molar-refractivity contribution is -0.130. The van der Waals surface area contributed by atoms with E-state index in [1.165, 1.54) is 18.0 Å². The van der Waals surface area contributed by atoms with Crippen molar-refractivity contribution in [3.8, 4) is 0 Å².